The van der Waals surface area contributed by atoms with Gasteiger partial charge in [0.25, 0.3) is 20.4 Å². The molecule has 0 bridgehead atoms. The minimum Gasteiger partial charge on any atom is -0.194 e. The predicted molar refractivity (Wildman–Crippen MR) is 122 cm³/mol. The molecule has 0 radical (unpaired) electrons. The van der Waals surface area contributed by atoms with Crippen LogP contribution in [0.1, 0.15) is 33.4 Å². The second kappa shape index (κ2) is 8.30. The monoisotopic (exact) mass is 503 g/mol. The number of rotatable bonds is 4. The molecular weight excluding hydrogens is 481 g/mol. The lowest BCUT2D eigenvalue weighted by Crippen LogP contribution is -2.51. The van der Waals surface area contributed by atoms with Gasteiger partial charge in [-0.15, -0.1) is 0 Å². The van der Waals surface area contributed by atoms with Crippen LogP contribution in [0.3, 0.4) is 0 Å². The number of benzene rings is 2. The summed E-state index contributed by atoms with van der Waals surface area (Å²) in [4.78, 5) is 0. The molecule has 0 unspecified atom stereocenters. The highest BCUT2D eigenvalue weighted by Crippen LogP contribution is 2.32. The molecule has 0 saturated carbocycles. The van der Waals surface area contributed by atoms with Gasteiger partial charge in [-0.3, -0.25) is 0 Å². The number of hydrogen-bond acceptors (Lipinski definition) is 4. The Morgan fingerprint density at radius 3 is 1.52 bits per heavy atom. The summed E-state index contributed by atoms with van der Waals surface area (Å²) < 4.78 is 56.0. The van der Waals surface area contributed by atoms with Crippen LogP contribution in [0.15, 0.2) is 24.3 Å². The highest BCUT2D eigenvalue weighted by molar-refractivity contribution is 8.02. The first-order valence-corrected chi connectivity index (χ1v) is 13.5. The summed E-state index contributed by atoms with van der Waals surface area (Å²) in [5.74, 6) is 0. The van der Waals surface area contributed by atoms with Gasteiger partial charge in [0, 0.05) is 36.2 Å². The standard InChI is InChI=1S/C20H23Cl2N3O4S2/c1-13-3-5-15-7-9-24(11-17(15)19(13)21)30(26,27)23-31(28,29)25-10-8-16-6-4-14(2)20(22)18(16)12-25/h3-6,23H,7-12H2,1-2H3. The molecule has 0 aliphatic carbocycles. The van der Waals surface area contributed by atoms with E-state index in [1.807, 2.05) is 42.2 Å². The van der Waals surface area contributed by atoms with Gasteiger partial charge in [-0.2, -0.15) is 25.4 Å². The molecule has 7 nitrogen and oxygen atoms in total. The van der Waals surface area contributed by atoms with E-state index in [1.54, 1.807) is 0 Å². The van der Waals surface area contributed by atoms with Gasteiger partial charge in [-0.1, -0.05) is 51.6 Å². The van der Waals surface area contributed by atoms with Gasteiger partial charge >= 0.3 is 0 Å². The summed E-state index contributed by atoms with van der Waals surface area (Å²) in [7, 11) is -8.59. The van der Waals surface area contributed by atoms with Crippen molar-refractivity contribution in [2.75, 3.05) is 13.1 Å². The summed E-state index contributed by atoms with van der Waals surface area (Å²) in [6.07, 6.45) is 0.921. The number of aryl methyl sites for hydroxylation is 2. The molecule has 0 fully saturated rings. The van der Waals surface area contributed by atoms with Crippen LogP contribution in [0.5, 0.6) is 0 Å². The van der Waals surface area contributed by atoms with Crippen LogP contribution in [-0.2, 0) is 46.3 Å². The Morgan fingerprint density at radius 1 is 0.742 bits per heavy atom. The van der Waals surface area contributed by atoms with E-state index in [4.69, 9.17) is 23.2 Å². The van der Waals surface area contributed by atoms with Crippen molar-refractivity contribution < 1.29 is 16.8 Å². The zero-order valence-electron chi connectivity index (χ0n) is 17.2. The van der Waals surface area contributed by atoms with E-state index in [9.17, 15) is 16.8 Å². The van der Waals surface area contributed by atoms with Crippen molar-refractivity contribution in [2.45, 2.75) is 39.8 Å². The molecular formula is C20H23Cl2N3O4S2. The van der Waals surface area contributed by atoms with E-state index in [2.05, 4.69) is 0 Å². The van der Waals surface area contributed by atoms with Gasteiger partial charge in [0.1, 0.15) is 0 Å². The Kier molecular flexibility index (Phi) is 6.15. The molecule has 2 aliphatic heterocycles. The summed E-state index contributed by atoms with van der Waals surface area (Å²) >= 11 is 12.8. The molecule has 0 atom stereocenters. The summed E-state index contributed by atoms with van der Waals surface area (Å²) in [6, 6.07) is 7.66. The Hall–Kier alpha value is -1.20. The molecule has 4 rings (SSSR count). The van der Waals surface area contributed by atoms with Crippen molar-refractivity contribution in [1.29, 1.82) is 0 Å². The first kappa shape index (κ1) is 23.0. The van der Waals surface area contributed by atoms with Gasteiger partial charge in [0.2, 0.25) is 0 Å². The smallest absolute Gasteiger partial charge is 0.194 e. The molecule has 2 aromatic carbocycles. The van der Waals surface area contributed by atoms with Crippen LogP contribution >= 0.6 is 23.2 Å². The highest BCUT2D eigenvalue weighted by atomic mass is 35.5. The summed E-state index contributed by atoms with van der Waals surface area (Å²) in [5, 5.41) is 1.02. The number of halogens is 2. The molecule has 0 amide bonds. The third-order valence-electron chi connectivity index (χ3n) is 5.89. The average Bonchev–Trinajstić information content (AvgIpc) is 2.72. The van der Waals surface area contributed by atoms with Crippen molar-refractivity contribution in [2.24, 2.45) is 0 Å². The highest BCUT2D eigenvalue weighted by Gasteiger charge is 2.36. The quantitative estimate of drug-likeness (QED) is 0.694. The van der Waals surface area contributed by atoms with Crippen molar-refractivity contribution in [1.82, 2.24) is 12.7 Å². The number of fused-ring (bicyclic) bond motifs is 2. The molecule has 0 aromatic heterocycles. The van der Waals surface area contributed by atoms with Crippen molar-refractivity contribution >= 4 is 43.6 Å². The van der Waals surface area contributed by atoms with E-state index in [0.717, 1.165) is 30.9 Å². The summed E-state index contributed by atoms with van der Waals surface area (Å²) in [6.45, 7) is 4.08. The zero-order chi connectivity index (χ0) is 22.6. The SMILES string of the molecule is Cc1ccc2c(c1Cl)CN(S(=O)(=O)NS(=O)(=O)N1CCc3ccc(C)c(Cl)c3C1)CC2. The van der Waals surface area contributed by atoms with Crippen LogP contribution in [-0.4, -0.2) is 38.5 Å². The van der Waals surface area contributed by atoms with Gasteiger partial charge < -0.3 is 0 Å². The van der Waals surface area contributed by atoms with E-state index in [1.165, 1.54) is 0 Å². The van der Waals surface area contributed by atoms with Crippen LogP contribution in [0, 0.1) is 13.8 Å². The Labute approximate surface area is 193 Å². The van der Waals surface area contributed by atoms with Gasteiger partial charge in [0.05, 0.1) is 0 Å². The lowest BCUT2D eigenvalue weighted by atomic mass is 9.99. The molecule has 168 valence electrons. The fourth-order valence-corrected chi connectivity index (χ4v) is 7.67. The number of hydrogen-bond donors (Lipinski definition) is 1. The minimum atomic E-state index is -4.30. The molecule has 31 heavy (non-hydrogen) atoms. The third kappa shape index (κ3) is 4.37. The van der Waals surface area contributed by atoms with Crippen molar-refractivity contribution in [3.8, 4) is 0 Å². The maximum atomic E-state index is 13.0. The maximum Gasteiger partial charge on any atom is 0.293 e. The fourth-order valence-electron chi connectivity index (χ4n) is 4.02. The number of nitrogens with zero attached hydrogens (tertiary/aromatic N) is 2. The largest absolute Gasteiger partial charge is 0.293 e. The normalized spacial score (nSPS) is 17.9. The zero-order valence-corrected chi connectivity index (χ0v) is 20.3. The van der Waals surface area contributed by atoms with Crippen LogP contribution in [0.25, 0.3) is 0 Å². The minimum absolute atomic E-state index is 0.0224. The number of nitrogens with one attached hydrogen (secondary N) is 1. The summed E-state index contributed by atoms with van der Waals surface area (Å²) in [5.41, 5.74) is 5.07. The molecule has 2 aromatic rings. The van der Waals surface area contributed by atoms with Crippen LogP contribution in [0.4, 0.5) is 0 Å². The van der Waals surface area contributed by atoms with E-state index in [0.29, 0.717) is 34.0 Å². The van der Waals surface area contributed by atoms with Crippen LogP contribution in [0.2, 0.25) is 10.0 Å². The molecule has 1 N–H and O–H groups in total. The van der Waals surface area contributed by atoms with E-state index < -0.39 is 20.4 Å². The first-order valence-electron chi connectivity index (χ1n) is 9.82. The Morgan fingerprint density at radius 2 is 1.13 bits per heavy atom. The Balaban J connectivity index is 1.55. The fraction of sp³-hybridized carbons (Fsp3) is 0.400. The maximum absolute atomic E-state index is 13.0. The molecule has 2 aliphatic rings. The second-order valence-corrected chi connectivity index (χ2v) is 12.3. The Bertz CT molecular complexity index is 1170. The lowest BCUT2D eigenvalue weighted by molar-refractivity contribution is 0.375. The van der Waals surface area contributed by atoms with Crippen molar-refractivity contribution in [3.63, 3.8) is 0 Å². The molecule has 2 heterocycles. The van der Waals surface area contributed by atoms with E-state index >= 15 is 0 Å². The lowest BCUT2D eigenvalue weighted by Gasteiger charge is -2.32. The average molecular weight is 504 g/mol. The second-order valence-electron chi connectivity index (χ2n) is 7.93. The van der Waals surface area contributed by atoms with Crippen LogP contribution < -0.4 is 4.13 Å². The van der Waals surface area contributed by atoms with Gasteiger partial charge in [-0.25, -0.2) is 0 Å². The molecule has 0 saturated heterocycles. The molecule has 0 spiro atoms. The van der Waals surface area contributed by atoms with Gasteiger partial charge in [-0.05, 0) is 60.1 Å². The first-order chi connectivity index (χ1) is 14.5. The topological polar surface area (TPSA) is 86.8 Å². The third-order valence-corrected chi connectivity index (χ3v) is 10.6. The van der Waals surface area contributed by atoms with E-state index in [-0.39, 0.29) is 26.2 Å². The van der Waals surface area contributed by atoms with Gasteiger partial charge in [0.15, 0.2) is 0 Å². The predicted octanol–water partition coefficient (Wildman–Crippen LogP) is 3.11. The van der Waals surface area contributed by atoms with Crippen molar-refractivity contribution in [3.05, 3.63) is 67.7 Å². The molecule has 11 heteroatoms.